The number of likely N-dealkylation sites (N-methyl/N-ethyl adjacent to an activating group) is 1. The van der Waals surface area contributed by atoms with E-state index in [1.165, 1.54) is 7.11 Å². The number of methoxy groups -OCH3 is 1. The molecule has 0 aliphatic rings. The van der Waals surface area contributed by atoms with E-state index in [0.29, 0.717) is 12.2 Å². The maximum absolute atomic E-state index is 9.64. The van der Waals surface area contributed by atoms with Crippen molar-refractivity contribution in [3.8, 4) is 0 Å². The van der Waals surface area contributed by atoms with Crippen molar-refractivity contribution in [1.82, 2.24) is 4.98 Å². The summed E-state index contributed by atoms with van der Waals surface area (Å²) < 4.78 is 4.86. The number of nitrogens with zero attached hydrogens (tertiary/aromatic N) is 2. The van der Waals surface area contributed by atoms with Gasteiger partial charge in [-0.2, -0.15) is 0 Å². The second-order valence-electron chi connectivity index (χ2n) is 3.77. The van der Waals surface area contributed by atoms with Gasteiger partial charge in [0.2, 0.25) is 0 Å². The number of anilines is 1. The third-order valence-electron chi connectivity index (χ3n) is 2.30. The van der Waals surface area contributed by atoms with Crippen molar-refractivity contribution in [1.29, 1.82) is 5.41 Å². The fourth-order valence-corrected chi connectivity index (χ4v) is 1.57. The minimum atomic E-state index is -0.593. The summed E-state index contributed by atoms with van der Waals surface area (Å²) in [6.45, 7) is 0.653. The van der Waals surface area contributed by atoms with Crippen LogP contribution in [0.4, 0.5) is 5.69 Å². The van der Waals surface area contributed by atoms with Crippen LogP contribution in [-0.2, 0) is 4.74 Å². The Kier molecular flexibility index (Phi) is 4.86. The highest BCUT2D eigenvalue weighted by molar-refractivity contribution is 5.98. The Labute approximate surface area is 101 Å². The highest BCUT2D eigenvalue weighted by Gasteiger charge is 2.13. The van der Waals surface area contributed by atoms with Crippen molar-refractivity contribution in [2.24, 2.45) is 5.73 Å². The zero-order valence-corrected chi connectivity index (χ0v) is 10.1. The molecule has 0 bridgehead atoms. The van der Waals surface area contributed by atoms with Crippen molar-refractivity contribution >= 4 is 11.5 Å². The van der Waals surface area contributed by atoms with E-state index in [1.54, 1.807) is 17.2 Å². The van der Waals surface area contributed by atoms with Gasteiger partial charge in [0.1, 0.15) is 11.5 Å². The summed E-state index contributed by atoms with van der Waals surface area (Å²) >= 11 is 0. The monoisotopic (exact) mass is 238 g/mol. The summed E-state index contributed by atoms with van der Waals surface area (Å²) in [5.41, 5.74) is 6.58. The molecule has 1 aromatic rings. The van der Waals surface area contributed by atoms with Gasteiger partial charge >= 0.3 is 0 Å². The van der Waals surface area contributed by atoms with Crippen LogP contribution in [-0.4, -0.2) is 49.3 Å². The van der Waals surface area contributed by atoms with Crippen LogP contribution in [0.1, 0.15) is 5.69 Å². The lowest BCUT2D eigenvalue weighted by Crippen LogP contribution is -2.33. The Morgan fingerprint density at radius 2 is 2.41 bits per heavy atom. The number of hydrogen-bond acceptors (Lipinski definition) is 5. The highest BCUT2D eigenvalue weighted by Crippen LogP contribution is 2.16. The maximum Gasteiger partial charge on any atom is 0.143 e. The first-order chi connectivity index (χ1) is 8.06. The van der Waals surface area contributed by atoms with Crippen LogP contribution in [0.15, 0.2) is 18.3 Å². The van der Waals surface area contributed by atoms with Crippen LogP contribution < -0.4 is 10.6 Å². The lowest BCUT2D eigenvalue weighted by Gasteiger charge is -2.23. The van der Waals surface area contributed by atoms with Gasteiger partial charge in [0.05, 0.1) is 18.4 Å². The van der Waals surface area contributed by atoms with Gasteiger partial charge < -0.3 is 20.5 Å². The number of ether oxygens (including phenoxy) is 1. The van der Waals surface area contributed by atoms with Crippen LogP contribution in [0.25, 0.3) is 0 Å². The molecule has 0 aliphatic heterocycles. The molecule has 1 aromatic heterocycles. The summed E-state index contributed by atoms with van der Waals surface area (Å²) in [6.07, 6.45) is 0.990. The van der Waals surface area contributed by atoms with Crippen molar-refractivity contribution < 1.29 is 9.84 Å². The molecule has 6 heteroatoms. The summed E-state index contributed by atoms with van der Waals surface area (Å²) in [5.74, 6) is -0.0892. The third kappa shape index (κ3) is 3.69. The predicted octanol–water partition coefficient (Wildman–Crippen LogP) is -0.191. The first-order valence-corrected chi connectivity index (χ1v) is 5.23. The highest BCUT2D eigenvalue weighted by atomic mass is 16.5. The van der Waals surface area contributed by atoms with Crippen LogP contribution >= 0.6 is 0 Å². The number of amidine groups is 1. The largest absolute Gasteiger partial charge is 0.389 e. The molecule has 0 aliphatic carbocycles. The molecule has 0 spiro atoms. The van der Waals surface area contributed by atoms with Crippen LogP contribution in [0.2, 0.25) is 0 Å². The number of aliphatic hydroxyl groups excluding tert-OH is 1. The van der Waals surface area contributed by atoms with E-state index in [9.17, 15) is 5.11 Å². The summed E-state index contributed by atoms with van der Waals surface area (Å²) in [7, 11) is 3.34. The van der Waals surface area contributed by atoms with Gasteiger partial charge in [-0.1, -0.05) is 0 Å². The number of nitrogens with one attached hydrogen (secondary N) is 1. The number of nitrogen functional groups attached to an aromatic ring is 1. The number of hydrogen-bond donors (Lipinski definition) is 3. The summed E-state index contributed by atoms with van der Waals surface area (Å²) in [4.78, 5) is 5.85. The number of aromatic nitrogens is 1. The van der Waals surface area contributed by atoms with Crippen LogP contribution in [0.3, 0.4) is 0 Å². The first-order valence-electron chi connectivity index (χ1n) is 5.23. The van der Waals surface area contributed by atoms with Crippen molar-refractivity contribution in [3.63, 3.8) is 0 Å². The van der Waals surface area contributed by atoms with E-state index < -0.39 is 6.10 Å². The smallest absolute Gasteiger partial charge is 0.143 e. The summed E-state index contributed by atoms with van der Waals surface area (Å²) in [5, 5.41) is 17.1. The normalized spacial score (nSPS) is 12.2. The molecule has 4 N–H and O–H groups in total. The number of aliphatic hydroxyl groups is 1. The van der Waals surface area contributed by atoms with E-state index >= 15 is 0 Å². The average Bonchev–Trinajstić information content (AvgIpc) is 2.29. The molecule has 0 saturated carbocycles. The Morgan fingerprint density at radius 1 is 1.71 bits per heavy atom. The van der Waals surface area contributed by atoms with Crippen LogP contribution in [0, 0.1) is 5.41 Å². The quantitative estimate of drug-likeness (QED) is 0.471. The van der Waals surface area contributed by atoms with Crippen molar-refractivity contribution in [2.75, 3.05) is 32.2 Å². The minimum Gasteiger partial charge on any atom is -0.389 e. The Bertz CT molecular complexity index is 383. The summed E-state index contributed by atoms with van der Waals surface area (Å²) in [6, 6.07) is 3.57. The predicted molar refractivity (Wildman–Crippen MR) is 66.4 cm³/mol. The molecular weight excluding hydrogens is 220 g/mol. The molecule has 1 atom stereocenters. The van der Waals surface area contributed by atoms with E-state index in [-0.39, 0.29) is 12.4 Å². The van der Waals surface area contributed by atoms with E-state index in [4.69, 9.17) is 15.9 Å². The van der Waals surface area contributed by atoms with Gasteiger partial charge in [-0.25, -0.2) is 0 Å². The molecule has 0 amide bonds. The molecule has 0 saturated heterocycles. The molecule has 0 aromatic carbocycles. The van der Waals surface area contributed by atoms with Gasteiger partial charge in [-0.3, -0.25) is 10.4 Å². The Hall–Kier alpha value is -1.66. The third-order valence-corrected chi connectivity index (χ3v) is 2.30. The van der Waals surface area contributed by atoms with E-state index in [2.05, 4.69) is 4.98 Å². The fourth-order valence-electron chi connectivity index (χ4n) is 1.57. The molecule has 17 heavy (non-hydrogen) atoms. The lowest BCUT2D eigenvalue weighted by molar-refractivity contribution is 0.0695. The second kappa shape index (κ2) is 6.17. The molecule has 1 rings (SSSR count). The molecule has 0 fully saturated rings. The molecule has 0 radical (unpaired) electrons. The average molecular weight is 238 g/mol. The Morgan fingerprint density at radius 3 is 3.00 bits per heavy atom. The lowest BCUT2D eigenvalue weighted by atomic mass is 10.2. The van der Waals surface area contributed by atoms with Crippen LogP contribution in [0.5, 0.6) is 0 Å². The standard InChI is InChI=1S/C11H18N4O2/c1-15(6-8(16)7-17-2)9-4-3-5-14-10(9)11(12)13/h3-5,8,16H,6-7H2,1-2H3,(H3,12,13). The van der Waals surface area contributed by atoms with Crippen molar-refractivity contribution in [2.45, 2.75) is 6.10 Å². The Balaban J connectivity index is 2.81. The van der Waals surface area contributed by atoms with Crippen molar-refractivity contribution in [3.05, 3.63) is 24.0 Å². The van der Waals surface area contributed by atoms with E-state index in [0.717, 1.165) is 5.69 Å². The molecule has 94 valence electrons. The van der Waals surface area contributed by atoms with E-state index in [1.807, 2.05) is 13.1 Å². The SMILES string of the molecule is COCC(O)CN(C)c1cccnc1C(=N)N. The second-order valence-corrected chi connectivity index (χ2v) is 3.77. The zero-order chi connectivity index (χ0) is 12.8. The van der Waals surface area contributed by atoms with Gasteiger partial charge in [0, 0.05) is 26.9 Å². The number of nitrogens with two attached hydrogens (primary N) is 1. The first kappa shape index (κ1) is 13.4. The van der Waals surface area contributed by atoms with Gasteiger partial charge in [0.15, 0.2) is 0 Å². The molecular formula is C11H18N4O2. The molecule has 1 heterocycles. The molecule has 6 nitrogen and oxygen atoms in total. The maximum atomic E-state index is 9.64. The number of rotatable bonds is 6. The van der Waals surface area contributed by atoms with Gasteiger partial charge in [-0.15, -0.1) is 0 Å². The topological polar surface area (TPSA) is 95.5 Å². The molecule has 1 unspecified atom stereocenters. The van der Waals surface area contributed by atoms with Gasteiger partial charge in [-0.05, 0) is 12.1 Å². The fraction of sp³-hybridized carbons (Fsp3) is 0.455. The van der Waals surface area contributed by atoms with Gasteiger partial charge in [0.25, 0.3) is 0 Å². The zero-order valence-electron chi connectivity index (χ0n) is 10.1. The number of pyridine rings is 1. The minimum absolute atomic E-state index is 0.0892.